The zero-order chi connectivity index (χ0) is 15.6. The van der Waals surface area contributed by atoms with Gasteiger partial charge in [-0.2, -0.15) is 0 Å². The minimum absolute atomic E-state index is 0.00147. The molecule has 21 heavy (non-hydrogen) atoms. The molecule has 2 aromatic carbocycles. The van der Waals surface area contributed by atoms with Crippen LogP contribution in [0.25, 0.3) is 0 Å². The summed E-state index contributed by atoms with van der Waals surface area (Å²) in [6.07, 6.45) is 0. The van der Waals surface area contributed by atoms with Crippen molar-refractivity contribution in [3.05, 3.63) is 63.4 Å². The van der Waals surface area contributed by atoms with Gasteiger partial charge in [-0.25, -0.2) is 9.18 Å². The highest BCUT2D eigenvalue weighted by atomic mass is 79.9. The molecule has 2 N–H and O–H groups in total. The molecule has 0 spiro atoms. The Bertz CT molecular complexity index is 731. The minimum Gasteiger partial charge on any atom is -0.478 e. The highest BCUT2D eigenvalue weighted by molar-refractivity contribution is 9.10. The van der Waals surface area contributed by atoms with Crippen molar-refractivity contribution >= 4 is 33.5 Å². The third-order valence-corrected chi connectivity index (χ3v) is 3.49. The fourth-order valence-electron chi connectivity index (χ4n) is 1.81. The van der Waals surface area contributed by atoms with Crippen molar-refractivity contribution in [1.29, 1.82) is 0 Å². The number of nitrogens with one attached hydrogen (secondary N) is 1. The zero-order valence-electron chi connectivity index (χ0n) is 11.0. The number of carboxylic acids is 1. The lowest BCUT2D eigenvalue weighted by Crippen LogP contribution is -2.15. The van der Waals surface area contributed by atoms with Crippen LogP contribution in [0, 0.1) is 12.7 Å². The molecule has 0 saturated carbocycles. The van der Waals surface area contributed by atoms with Gasteiger partial charge in [-0.15, -0.1) is 0 Å². The first kappa shape index (κ1) is 15.2. The first-order chi connectivity index (χ1) is 9.88. The Morgan fingerprint density at radius 1 is 1.14 bits per heavy atom. The van der Waals surface area contributed by atoms with Gasteiger partial charge < -0.3 is 10.4 Å². The number of anilines is 1. The Kier molecular flexibility index (Phi) is 4.37. The molecule has 0 aliphatic heterocycles. The Morgan fingerprint density at radius 3 is 2.48 bits per heavy atom. The number of carbonyl (C=O) groups is 2. The van der Waals surface area contributed by atoms with Gasteiger partial charge in [0.25, 0.3) is 5.91 Å². The Labute approximate surface area is 128 Å². The van der Waals surface area contributed by atoms with Gasteiger partial charge in [-0.05, 0) is 53.2 Å². The summed E-state index contributed by atoms with van der Waals surface area (Å²) in [5.74, 6) is -2.12. The van der Waals surface area contributed by atoms with Crippen LogP contribution >= 0.6 is 15.9 Å². The Morgan fingerprint density at radius 2 is 1.86 bits per heavy atom. The topological polar surface area (TPSA) is 66.4 Å². The third-order valence-electron chi connectivity index (χ3n) is 2.83. The quantitative estimate of drug-likeness (QED) is 0.882. The van der Waals surface area contributed by atoms with Crippen LogP contribution in [-0.2, 0) is 0 Å². The predicted octanol–water partition coefficient (Wildman–Crippen LogP) is 3.85. The van der Waals surface area contributed by atoms with Gasteiger partial charge in [0.2, 0.25) is 0 Å². The standard InChI is InChI=1S/C15H11BrFNO3/c1-8-2-5-13(11(6-8)15(20)21)18-14(19)10-4-3-9(17)7-12(10)16/h2-7H,1H3,(H,18,19)(H,20,21). The monoisotopic (exact) mass is 351 g/mol. The largest absolute Gasteiger partial charge is 0.478 e. The molecule has 0 aromatic heterocycles. The Balaban J connectivity index is 2.34. The maximum Gasteiger partial charge on any atom is 0.337 e. The summed E-state index contributed by atoms with van der Waals surface area (Å²) in [7, 11) is 0. The number of halogens is 2. The average molecular weight is 352 g/mol. The lowest BCUT2D eigenvalue weighted by molar-refractivity contribution is 0.0698. The number of carbonyl (C=O) groups excluding carboxylic acids is 1. The van der Waals surface area contributed by atoms with Gasteiger partial charge in [-0.3, -0.25) is 4.79 Å². The van der Waals surface area contributed by atoms with Gasteiger partial charge in [0.05, 0.1) is 16.8 Å². The molecule has 108 valence electrons. The molecule has 0 aliphatic rings. The van der Waals surface area contributed by atoms with E-state index < -0.39 is 17.7 Å². The Hall–Kier alpha value is -2.21. The molecule has 2 rings (SSSR count). The normalized spacial score (nSPS) is 10.2. The first-order valence-electron chi connectivity index (χ1n) is 5.99. The minimum atomic E-state index is -1.13. The molecule has 1 amide bonds. The molecule has 0 bridgehead atoms. The number of benzene rings is 2. The summed E-state index contributed by atoms with van der Waals surface area (Å²) >= 11 is 3.10. The lowest BCUT2D eigenvalue weighted by Gasteiger charge is -2.10. The van der Waals surface area contributed by atoms with Gasteiger partial charge in [0.1, 0.15) is 5.82 Å². The van der Waals surface area contributed by atoms with Crippen molar-refractivity contribution in [3.63, 3.8) is 0 Å². The second-order valence-electron chi connectivity index (χ2n) is 4.43. The smallest absolute Gasteiger partial charge is 0.337 e. The summed E-state index contributed by atoms with van der Waals surface area (Å²) < 4.78 is 13.3. The molecule has 0 saturated heterocycles. The van der Waals surface area contributed by atoms with Crippen LogP contribution in [0.1, 0.15) is 26.3 Å². The molecule has 0 radical (unpaired) electrons. The number of carboxylic acid groups (broad SMARTS) is 1. The number of aromatic carboxylic acids is 1. The molecule has 0 fully saturated rings. The molecule has 0 heterocycles. The SMILES string of the molecule is Cc1ccc(NC(=O)c2ccc(F)cc2Br)c(C(=O)O)c1. The van der Waals surface area contributed by atoms with Gasteiger partial charge in [0, 0.05) is 4.47 Å². The number of amides is 1. The van der Waals surface area contributed by atoms with E-state index >= 15 is 0 Å². The number of hydrogen-bond donors (Lipinski definition) is 2. The third kappa shape index (κ3) is 3.46. The average Bonchev–Trinajstić information content (AvgIpc) is 2.40. The second-order valence-corrected chi connectivity index (χ2v) is 5.29. The molecule has 0 atom stereocenters. The van der Waals surface area contributed by atoms with E-state index in [2.05, 4.69) is 21.2 Å². The highest BCUT2D eigenvalue weighted by Crippen LogP contribution is 2.22. The fraction of sp³-hybridized carbons (Fsp3) is 0.0667. The zero-order valence-corrected chi connectivity index (χ0v) is 12.6. The second kappa shape index (κ2) is 6.05. The summed E-state index contributed by atoms with van der Waals surface area (Å²) in [5, 5.41) is 11.7. The molecule has 0 aliphatic carbocycles. The van der Waals surface area contributed by atoms with Crippen molar-refractivity contribution in [3.8, 4) is 0 Å². The molecule has 2 aromatic rings. The highest BCUT2D eigenvalue weighted by Gasteiger charge is 2.15. The van der Waals surface area contributed by atoms with Crippen LogP contribution < -0.4 is 5.32 Å². The van der Waals surface area contributed by atoms with Crippen molar-refractivity contribution < 1.29 is 19.1 Å². The van der Waals surface area contributed by atoms with Gasteiger partial charge >= 0.3 is 5.97 Å². The number of rotatable bonds is 3. The van der Waals surface area contributed by atoms with E-state index in [9.17, 15) is 14.0 Å². The van der Waals surface area contributed by atoms with E-state index in [0.717, 1.165) is 11.6 Å². The maximum atomic E-state index is 13.0. The van der Waals surface area contributed by atoms with Crippen LogP contribution in [-0.4, -0.2) is 17.0 Å². The summed E-state index contributed by atoms with van der Waals surface area (Å²) in [4.78, 5) is 23.3. The molecular formula is C15H11BrFNO3. The van der Waals surface area contributed by atoms with E-state index in [1.807, 2.05) is 0 Å². The van der Waals surface area contributed by atoms with Crippen LogP contribution in [0.2, 0.25) is 0 Å². The molecule has 0 unspecified atom stereocenters. The van der Waals surface area contributed by atoms with Crippen molar-refractivity contribution in [2.75, 3.05) is 5.32 Å². The van der Waals surface area contributed by atoms with Crippen LogP contribution in [0.5, 0.6) is 0 Å². The van der Waals surface area contributed by atoms with Crippen molar-refractivity contribution in [2.45, 2.75) is 6.92 Å². The van der Waals surface area contributed by atoms with Crippen LogP contribution in [0.15, 0.2) is 40.9 Å². The van der Waals surface area contributed by atoms with Crippen molar-refractivity contribution in [1.82, 2.24) is 0 Å². The fourth-order valence-corrected chi connectivity index (χ4v) is 2.34. The van der Waals surface area contributed by atoms with Crippen LogP contribution in [0.3, 0.4) is 0 Å². The van der Waals surface area contributed by atoms with E-state index in [-0.39, 0.29) is 16.8 Å². The summed E-state index contributed by atoms with van der Waals surface area (Å²) in [5.41, 5.74) is 1.18. The van der Waals surface area contributed by atoms with E-state index in [4.69, 9.17) is 5.11 Å². The lowest BCUT2D eigenvalue weighted by atomic mass is 10.1. The van der Waals surface area contributed by atoms with E-state index in [1.54, 1.807) is 13.0 Å². The molecule has 4 nitrogen and oxygen atoms in total. The number of aryl methyl sites for hydroxylation is 1. The summed E-state index contributed by atoms with van der Waals surface area (Å²) in [6.45, 7) is 1.76. The van der Waals surface area contributed by atoms with E-state index in [1.165, 1.54) is 24.3 Å². The molecule has 6 heteroatoms. The predicted molar refractivity (Wildman–Crippen MR) is 80.2 cm³/mol. The van der Waals surface area contributed by atoms with Crippen molar-refractivity contribution in [2.24, 2.45) is 0 Å². The van der Waals surface area contributed by atoms with Gasteiger partial charge in [0.15, 0.2) is 0 Å². The first-order valence-corrected chi connectivity index (χ1v) is 6.78. The van der Waals surface area contributed by atoms with E-state index in [0.29, 0.717) is 4.47 Å². The van der Waals surface area contributed by atoms with Crippen LogP contribution in [0.4, 0.5) is 10.1 Å². The summed E-state index contributed by atoms with van der Waals surface area (Å²) in [6, 6.07) is 8.34. The maximum absolute atomic E-state index is 13.0. The van der Waals surface area contributed by atoms with Gasteiger partial charge in [-0.1, -0.05) is 11.6 Å². The molecular weight excluding hydrogens is 341 g/mol. The number of hydrogen-bond acceptors (Lipinski definition) is 2.